The van der Waals surface area contributed by atoms with Crippen LogP contribution in [0, 0.1) is 0 Å². The van der Waals surface area contributed by atoms with Crippen LogP contribution in [0.2, 0.25) is 0 Å². The molecule has 0 radical (unpaired) electrons. The predicted molar refractivity (Wildman–Crippen MR) is 78.7 cm³/mol. The molecule has 1 atom stereocenters. The Bertz CT molecular complexity index is 313. The molecular formula is C16H29NO3. The molecule has 1 heterocycles. The van der Waals surface area contributed by atoms with E-state index in [0.29, 0.717) is 19.1 Å². The molecule has 4 heteroatoms. The molecule has 20 heavy (non-hydrogen) atoms. The SMILES string of the molecule is CCOC(=O)CCN(C)CC1CCC2(CCCCC2)O1. The maximum Gasteiger partial charge on any atom is 0.307 e. The van der Waals surface area contributed by atoms with Crippen LogP contribution in [-0.4, -0.2) is 49.3 Å². The minimum Gasteiger partial charge on any atom is -0.466 e. The van der Waals surface area contributed by atoms with E-state index < -0.39 is 0 Å². The fraction of sp³-hybridized carbons (Fsp3) is 0.938. The van der Waals surface area contributed by atoms with Crippen molar-refractivity contribution in [2.75, 3.05) is 26.7 Å². The molecule has 2 rings (SSSR count). The highest BCUT2D eigenvalue weighted by atomic mass is 16.5. The molecule has 0 N–H and O–H groups in total. The largest absolute Gasteiger partial charge is 0.466 e. The number of hydrogen-bond acceptors (Lipinski definition) is 4. The topological polar surface area (TPSA) is 38.8 Å². The van der Waals surface area contributed by atoms with Gasteiger partial charge < -0.3 is 14.4 Å². The van der Waals surface area contributed by atoms with Crippen LogP contribution in [0.25, 0.3) is 0 Å². The molecule has 2 fully saturated rings. The molecular weight excluding hydrogens is 254 g/mol. The third-order valence-electron chi connectivity index (χ3n) is 4.62. The third kappa shape index (κ3) is 4.45. The Labute approximate surface area is 122 Å². The number of hydrogen-bond donors (Lipinski definition) is 0. The second kappa shape index (κ2) is 7.41. The summed E-state index contributed by atoms with van der Waals surface area (Å²) >= 11 is 0. The molecule has 1 aliphatic heterocycles. The van der Waals surface area contributed by atoms with Gasteiger partial charge in [-0.15, -0.1) is 0 Å². The van der Waals surface area contributed by atoms with Crippen LogP contribution in [0.15, 0.2) is 0 Å². The molecule has 0 amide bonds. The summed E-state index contributed by atoms with van der Waals surface area (Å²) in [6.45, 7) is 4.00. The van der Waals surface area contributed by atoms with E-state index in [-0.39, 0.29) is 11.6 Å². The molecule has 1 spiro atoms. The lowest BCUT2D eigenvalue weighted by Crippen LogP contribution is -2.36. The highest BCUT2D eigenvalue weighted by Gasteiger charge is 2.40. The van der Waals surface area contributed by atoms with Gasteiger partial charge in [-0.25, -0.2) is 0 Å². The van der Waals surface area contributed by atoms with Crippen molar-refractivity contribution in [3.63, 3.8) is 0 Å². The molecule has 0 aromatic heterocycles. The number of carbonyl (C=O) groups is 1. The average molecular weight is 283 g/mol. The van der Waals surface area contributed by atoms with Crippen molar-refractivity contribution < 1.29 is 14.3 Å². The van der Waals surface area contributed by atoms with Gasteiger partial charge >= 0.3 is 5.97 Å². The second-order valence-electron chi connectivity index (χ2n) is 6.34. The summed E-state index contributed by atoms with van der Waals surface area (Å²) in [6.07, 6.45) is 9.73. The highest BCUT2D eigenvalue weighted by molar-refractivity contribution is 5.69. The van der Waals surface area contributed by atoms with Gasteiger partial charge in [0.25, 0.3) is 0 Å². The van der Waals surface area contributed by atoms with E-state index in [1.807, 2.05) is 6.92 Å². The standard InChI is InChI=1S/C16H29NO3/c1-3-19-15(18)8-12-17(2)13-14-7-11-16(20-14)9-5-4-6-10-16/h14H,3-13H2,1-2H3. The van der Waals surface area contributed by atoms with Gasteiger partial charge in [0.15, 0.2) is 0 Å². The Morgan fingerprint density at radius 1 is 1.30 bits per heavy atom. The molecule has 1 saturated heterocycles. The van der Waals surface area contributed by atoms with Crippen molar-refractivity contribution in [1.29, 1.82) is 0 Å². The van der Waals surface area contributed by atoms with Crippen molar-refractivity contribution in [2.45, 2.75) is 70.0 Å². The number of likely N-dealkylation sites (N-methyl/N-ethyl adjacent to an activating group) is 1. The number of rotatable bonds is 6. The summed E-state index contributed by atoms with van der Waals surface area (Å²) in [4.78, 5) is 13.5. The summed E-state index contributed by atoms with van der Waals surface area (Å²) in [6, 6.07) is 0. The van der Waals surface area contributed by atoms with Gasteiger partial charge in [-0.2, -0.15) is 0 Å². The lowest BCUT2D eigenvalue weighted by molar-refractivity contribution is -0.143. The lowest BCUT2D eigenvalue weighted by Gasteiger charge is -2.34. The van der Waals surface area contributed by atoms with Crippen LogP contribution in [0.4, 0.5) is 0 Å². The summed E-state index contributed by atoms with van der Waals surface area (Å²) in [5.74, 6) is -0.101. The minimum atomic E-state index is -0.101. The van der Waals surface area contributed by atoms with E-state index in [9.17, 15) is 4.79 Å². The fourth-order valence-electron chi connectivity index (χ4n) is 3.54. The lowest BCUT2D eigenvalue weighted by atomic mass is 9.83. The van der Waals surface area contributed by atoms with Gasteiger partial charge in [-0.1, -0.05) is 19.3 Å². The molecule has 4 nitrogen and oxygen atoms in total. The van der Waals surface area contributed by atoms with Gasteiger partial charge in [-0.05, 0) is 39.7 Å². The average Bonchev–Trinajstić information content (AvgIpc) is 2.80. The Kier molecular flexibility index (Phi) is 5.85. The monoisotopic (exact) mass is 283 g/mol. The van der Waals surface area contributed by atoms with E-state index in [4.69, 9.17) is 9.47 Å². The maximum absolute atomic E-state index is 11.3. The number of ether oxygens (including phenoxy) is 2. The quantitative estimate of drug-likeness (QED) is 0.703. The van der Waals surface area contributed by atoms with Gasteiger partial charge in [0.05, 0.1) is 24.7 Å². The van der Waals surface area contributed by atoms with Crippen molar-refractivity contribution in [2.24, 2.45) is 0 Å². The van der Waals surface area contributed by atoms with Crippen molar-refractivity contribution >= 4 is 5.97 Å². The molecule has 0 bridgehead atoms. The van der Waals surface area contributed by atoms with Crippen LogP contribution >= 0.6 is 0 Å². The van der Waals surface area contributed by atoms with Crippen molar-refractivity contribution in [3.8, 4) is 0 Å². The minimum absolute atomic E-state index is 0.101. The first-order valence-corrected chi connectivity index (χ1v) is 8.15. The van der Waals surface area contributed by atoms with Crippen LogP contribution < -0.4 is 0 Å². The Morgan fingerprint density at radius 3 is 2.75 bits per heavy atom. The first-order chi connectivity index (χ1) is 9.63. The first kappa shape index (κ1) is 15.8. The molecule has 0 aromatic carbocycles. The van der Waals surface area contributed by atoms with E-state index in [2.05, 4.69) is 11.9 Å². The smallest absolute Gasteiger partial charge is 0.307 e. The predicted octanol–water partition coefficient (Wildman–Crippen LogP) is 2.75. The van der Waals surface area contributed by atoms with E-state index in [0.717, 1.165) is 13.1 Å². The first-order valence-electron chi connectivity index (χ1n) is 8.15. The Morgan fingerprint density at radius 2 is 2.05 bits per heavy atom. The molecule has 1 aliphatic carbocycles. The van der Waals surface area contributed by atoms with Crippen LogP contribution in [0.3, 0.4) is 0 Å². The van der Waals surface area contributed by atoms with E-state index in [1.54, 1.807) is 0 Å². The summed E-state index contributed by atoms with van der Waals surface area (Å²) < 4.78 is 11.3. The zero-order valence-corrected chi connectivity index (χ0v) is 13.0. The van der Waals surface area contributed by atoms with Gasteiger partial charge in [0, 0.05) is 13.1 Å². The zero-order chi connectivity index (χ0) is 14.4. The number of nitrogens with zero attached hydrogens (tertiary/aromatic N) is 1. The van der Waals surface area contributed by atoms with Crippen LogP contribution in [-0.2, 0) is 14.3 Å². The van der Waals surface area contributed by atoms with Gasteiger partial charge in [0.1, 0.15) is 0 Å². The van der Waals surface area contributed by atoms with Gasteiger partial charge in [0.2, 0.25) is 0 Å². The molecule has 0 aromatic rings. The summed E-state index contributed by atoms with van der Waals surface area (Å²) in [5, 5.41) is 0. The second-order valence-corrected chi connectivity index (χ2v) is 6.34. The summed E-state index contributed by atoms with van der Waals surface area (Å²) in [5.41, 5.74) is 0.199. The van der Waals surface area contributed by atoms with Crippen LogP contribution in [0.1, 0.15) is 58.3 Å². The molecule has 1 unspecified atom stereocenters. The van der Waals surface area contributed by atoms with Crippen LogP contribution in [0.5, 0.6) is 0 Å². The normalized spacial score (nSPS) is 25.2. The zero-order valence-electron chi connectivity index (χ0n) is 13.0. The van der Waals surface area contributed by atoms with Gasteiger partial charge in [-0.3, -0.25) is 4.79 Å². The fourth-order valence-corrected chi connectivity index (χ4v) is 3.54. The summed E-state index contributed by atoms with van der Waals surface area (Å²) in [7, 11) is 2.06. The van der Waals surface area contributed by atoms with Crippen molar-refractivity contribution in [1.82, 2.24) is 4.90 Å². The Balaban J connectivity index is 1.67. The third-order valence-corrected chi connectivity index (χ3v) is 4.62. The maximum atomic E-state index is 11.3. The van der Waals surface area contributed by atoms with E-state index in [1.165, 1.54) is 44.9 Å². The highest BCUT2D eigenvalue weighted by Crippen LogP contribution is 2.41. The number of esters is 1. The Hall–Kier alpha value is -0.610. The molecule has 2 aliphatic rings. The van der Waals surface area contributed by atoms with E-state index >= 15 is 0 Å². The number of carbonyl (C=O) groups excluding carboxylic acids is 1. The van der Waals surface area contributed by atoms with Crippen molar-refractivity contribution in [3.05, 3.63) is 0 Å². The molecule has 1 saturated carbocycles. The molecule has 116 valence electrons.